The number of hydrogen-bond donors (Lipinski definition) is 2. The molecule has 2 N–H and O–H groups in total. The molecule has 0 aliphatic carbocycles. The number of phenolic OH excluding ortho intramolecular Hbond substituents is 1. The minimum Gasteiger partial charge on any atom is -0.504 e. The van der Waals surface area contributed by atoms with Gasteiger partial charge < -0.3 is 19.7 Å². The Labute approximate surface area is 174 Å². The molecule has 0 bridgehead atoms. The number of rotatable bonds is 6. The van der Waals surface area contributed by atoms with Crippen LogP contribution in [-0.2, 0) is 11.3 Å². The number of amides is 1. The zero-order chi connectivity index (χ0) is 20.9. The third-order valence-corrected chi connectivity index (χ3v) is 4.87. The van der Waals surface area contributed by atoms with Crippen LogP contribution < -0.4 is 10.1 Å². The predicted molar refractivity (Wildman–Crippen MR) is 120 cm³/mol. The number of ether oxygens (including phenoxy) is 1. The monoisotopic (exact) mass is 398 g/mol. The zero-order valence-electron chi connectivity index (χ0n) is 16.6. The van der Waals surface area contributed by atoms with Gasteiger partial charge in [-0.15, -0.1) is 0 Å². The quantitative estimate of drug-likeness (QED) is 0.447. The Morgan fingerprint density at radius 2 is 1.90 bits per heavy atom. The van der Waals surface area contributed by atoms with Crippen molar-refractivity contribution in [1.82, 2.24) is 4.57 Å². The van der Waals surface area contributed by atoms with E-state index in [-0.39, 0.29) is 11.7 Å². The molecule has 0 aliphatic heterocycles. The summed E-state index contributed by atoms with van der Waals surface area (Å²) in [5.74, 6) is 0.177. The second-order valence-corrected chi connectivity index (χ2v) is 6.93. The highest BCUT2D eigenvalue weighted by molar-refractivity contribution is 6.06. The fourth-order valence-corrected chi connectivity index (χ4v) is 3.43. The van der Waals surface area contributed by atoms with Crippen LogP contribution in [0.5, 0.6) is 11.5 Å². The van der Waals surface area contributed by atoms with Gasteiger partial charge in [0.25, 0.3) is 0 Å². The average Bonchev–Trinajstić information content (AvgIpc) is 3.17. The Hall–Kier alpha value is -3.99. The minimum atomic E-state index is -0.245. The maximum Gasteiger partial charge on any atom is 0.248 e. The van der Waals surface area contributed by atoms with Crippen molar-refractivity contribution in [3.8, 4) is 11.5 Å². The second kappa shape index (κ2) is 8.57. The SMILES string of the molecule is COc1ccc(C=CC(=O)Nc2cccc3ccn(Cc4ccccc4)c23)cc1O. The molecular formula is C25H22N2O3. The van der Waals surface area contributed by atoms with Crippen molar-refractivity contribution in [1.29, 1.82) is 0 Å². The van der Waals surface area contributed by atoms with E-state index in [2.05, 4.69) is 22.0 Å². The molecule has 0 atom stereocenters. The summed E-state index contributed by atoms with van der Waals surface area (Å²) >= 11 is 0. The molecule has 0 radical (unpaired) electrons. The van der Waals surface area contributed by atoms with Crippen molar-refractivity contribution < 1.29 is 14.6 Å². The van der Waals surface area contributed by atoms with Crippen molar-refractivity contribution in [3.63, 3.8) is 0 Å². The van der Waals surface area contributed by atoms with Gasteiger partial charge in [-0.05, 0) is 41.5 Å². The van der Waals surface area contributed by atoms with E-state index in [4.69, 9.17) is 4.74 Å². The predicted octanol–water partition coefficient (Wildman–Crippen LogP) is 5.06. The number of methoxy groups -OCH3 is 1. The minimum absolute atomic E-state index is 0.0311. The summed E-state index contributed by atoms with van der Waals surface area (Å²) in [4.78, 5) is 12.5. The molecular weight excluding hydrogens is 376 g/mol. The first-order valence-corrected chi connectivity index (χ1v) is 9.62. The zero-order valence-corrected chi connectivity index (χ0v) is 16.6. The molecule has 1 amide bonds. The molecule has 0 spiro atoms. The number of aromatic hydroxyl groups is 1. The van der Waals surface area contributed by atoms with Gasteiger partial charge in [-0.25, -0.2) is 0 Å². The standard InChI is InChI=1S/C25H22N2O3/c1-30-23-12-10-18(16-22(23)28)11-13-24(29)26-21-9-5-8-20-14-15-27(25(20)21)17-19-6-3-2-4-7-19/h2-16,28H,17H2,1H3,(H,26,29). The van der Waals surface area contributed by atoms with Crippen LogP contribution in [0.3, 0.4) is 0 Å². The van der Waals surface area contributed by atoms with Crippen LogP contribution >= 0.6 is 0 Å². The first-order valence-electron chi connectivity index (χ1n) is 9.62. The van der Waals surface area contributed by atoms with Crippen LogP contribution in [-0.4, -0.2) is 22.7 Å². The Kier molecular flexibility index (Phi) is 5.52. The summed E-state index contributed by atoms with van der Waals surface area (Å²) in [6, 6.07) is 23.1. The second-order valence-electron chi connectivity index (χ2n) is 6.93. The van der Waals surface area contributed by atoms with Gasteiger partial charge >= 0.3 is 0 Å². The molecule has 4 aromatic rings. The first kappa shape index (κ1) is 19.3. The highest BCUT2D eigenvalue weighted by atomic mass is 16.5. The van der Waals surface area contributed by atoms with Gasteiger partial charge in [-0.1, -0.05) is 48.5 Å². The summed E-state index contributed by atoms with van der Waals surface area (Å²) in [6.45, 7) is 0.720. The number of benzene rings is 3. The summed E-state index contributed by atoms with van der Waals surface area (Å²) in [6.07, 6.45) is 5.13. The summed E-state index contributed by atoms with van der Waals surface area (Å²) in [7, 11) is 1.49. The van der Waals surface area contributed by atoms with Gasteiger partial charge in [-0.2, -0.15) is 0 Å². The number of aromatic nitrogens is 1. The van der Waals surface area contributed by atoms with E-state index < -0.39 is 0 Å². The number of hydrogen-bond acceptors (Lipinski definition) is 3. The lowest BCUT2D eigenvalue weighted by Crippen LogP contribution is -2.09. The van der Waals surface area contributed by atoms with E-state index in [0.29, 0.717) is 11.3 Å². The molecule has 30 heavy (non-hydrogen) atoms. The van der Waals surface area contributed by atoms with E-state index in [1.807, 2.05) is 48.7 Å². The molecule has 0 unspecified atom stereocenters. The van der Waals surface area contributed by atoms with Crippen LogP contribution in [0, 0.1) is 0 Å². The molecule has 0 saturated heterocycles. The lowest BCUT2D eigenvalue weighted by Gasteiger charge is -2.10. The Balaban J connectivity index is 1.55. The van der Waals surface area contributed by atoms with Crippen LogP contribution in [0.2, 0.25) is 0 Å². The van der Waals surface area contributed by atoms with Gasteiger partial charge in [0, 0.05) is 24.2 Å². The van der Waals surface area contributed by atoms with Crippen molar-refractivity contribution in [3.05, 3.63) is 96.2 Å². The van der Waals surface area contributed by atoms with Crippen LogP contribution in [0.15, 0.2) is 85.1 Å². The summed E-state index contributed by atoms with van der Waals surface area (Å²) in [5, 5.41) is 13.9. The Bertz CT molecular complexity index is 1210. The number of carbonyl (C=O) groups is 1. The molecule has 0 fully saturated rings. The fraction of sp³-hybridized carbons (Fsp3) is 0.0800. The van der Waals surface area contributed by atoms with E-state index >= 15 is 0 Å². The van der Waals surface area contributed by atoms with Crippen LogP contribution in [0.4, 0.5) is 5.69 Å². The fourth-order valence-electron chi connectivity index (χ4n) is 3.43. The van der Waals surface area contributed by atoms with Crippen molar-refractivity contribution in [2.75, 3.05) is 12.4 Å². The highest BCUT2D eigenvalue weighted by Gasteiger charge is 2.09. The van der Waals surface area contributed by atoms with Gasteiger partial charge in [0.05, 0.1) is 18.3 Å². The molecule has 0 saturated carbocycles. The lowest BCUT2D eigenvalue weighted by molar-refractivity contribution is -0.111. The Morgan fingerprint density at radius 3 is 2.67 bits per heavy atom. The molecule has 4 rings (SSSR count). The van der Waals surface area contributed by atoms with Crippen molar-refractivity contribution >= 4 is 28.6 Å². The molecule has 5 nitrogen and oxygen atoms in total. The molecule has 0 aliphatic rings. The van der Waals surface area contributed by atoms with E-state index in [1.165, 1.54) is 18.7 Å². The number of carbonyl (C=O) groups excluding carboxylic acids is 1. The number of nitrogens with one attached hydrogen (secondary N) is 1. The topological polar surface area (TPSA) is 63.5 Å². The number of anilines is 1. The highest BCUT2D eigenvalue weighted by Crippen LogP contribution is 2.27. The third-order valence-electron chi connectivity index (χ3n) is 4.87. The van der Waals surface area contributed by atoms with Gasteiger partial charge in [0.1, 0.15) is 0 Å². The van der Waals surface area contributed by atoms with Crippen molar-refractivity contribution in [2.45, 2.75) is 6.54 Å². The third kappa shape index (κ3) is 4.20. The van der Waals surface area contributed by atoms with Gasteiger partial charge in [-0.3, -0.25) is 4.79 Å². The van der Waals surface area contributed by atoms with Crippen LogP contribution in [0.1, 0.15) is 11.1 Å². The largest absolute Gasteiger partial charge is 0.504 e. The number of fused-ring (bicyclic) bond motifs is 1. The Morgan fingerprint density at radius 1 is 1.07 bits per heavy atom. The van der Waals surface area contributed by atoms with Gasteiger partial charge in [0.2, 0.25) is 5.91 Å². The van der Waals surface area contributed by atoms with Gasteiger partial charge in [0.15, 0.2) is 11.5 Å². The number of para-hydroxylation sites is 1. The number of nitrogens with zero attached hydrogens (tertiary/aromatic N) is 1. The molecule has 3 aromatic carbocycles. The van der Waals surface area contributed by atoms with Crippen molar-refractivity contribution in [2.24, 2.45) is 0 Å². The number of phenols is 1. The smallest absolute Gasteiger partial charge is 0.248 e. The maximum atomic E-state index is 12.5. The molecule has 1 heterocycles. The molecule has 1 aromatic heterocycles. The van der Waals surface area contributed by atoms with E-state index in [1.54, 1.807) is 24.3 Å². The van der Waals surface area contributed by atoms with Crippen LogP contribution in [0.25, 0.3) is 17.0 Å². The molecule has 5 heteroatoms. The maximum absolute atomic E-state index is 12.5. The first-order chi connectivity index (χ1) is 14.6. The summed E-state index contributed by atoms with van der Waals surface area (Å²) < 4.78 is 7.17. The normalized spacial score (nSPS) is 11.1. The molecule has 150 valence electrons. The van der Waals surface area contributed by atoms with E-state index in [9.17, 15) is 9.90 Å². The average molecular weight is 398 g/mol. The van der Waals surface area contributed by atoms with E-state index in [0.717, 1.165) is 23.1 Å². The lowest BCUT2D eigenvalue weighted by atomic mass is 10.2. The summed E-state index contributed by atoms with van der Waals surface area (Å²) in [5.41, 5.74) is 3.62.